The topological polar surface area (TPSA) is 125 Å². The minimum absolute atomic E-state index is 0.0972. The first-order valence-electron chi connectivity index (χ1n) is 8.73. The third-order valence-corrected chi connectivity index (χ3v) is 2.90. The van der Waals surface area contributed by atoms with Crippen LogP contribution >= 0.6 is 0 Å². The van der Waals surface area contributed by atoms with Crippen molar-refractivity contribution in [3.63, 3.8) is 0 Å². The lowest BCUT2D eigenvalue weighted by molar-refractivity contribution is 0.164. The van der Waals surface area contributed by atoms with Gasteiger partial charge in [-0.2, -0.15) is 0 Å². The van der Waals surface area contributed by atoms with E-state index in [1.54, 1.807) is 0 Å². The summed E-state index contributed by atoms with van der Waals surface area (Å²) in [5.41, 5.74) is 11.7. The van der Waals surface area contributed by atoms with Crippen LogP contribution in [0.25, 0.3) is 0 Å². The predicted octanol–water partition coefficient (Wildman–Crippen LogP) is 1.76. The van der Waals surface area contributed by atoms with Gasteiger partial charge in [0.05, 0.1) is 13.2 Å². The fourth-order valence-corrected chi connectivity index (χ4v) is 1.69. The molecular weight excluding hydrogens is 282 g/mol. The van der Waals surface area contributed by atoms with Crippen LogP contribution in [0, 0.1) is 0 Å². The molecule has 0 aliphatic rings. The predicted molar refractivity (Wildman–Crippen MR) is 93.9 cm³/mol. The van der Waals surface area contributed by atoms with Crippen molar-refractivity contribution in [1.29, 1.82) is 0 Å². The van der Waals surface area contributed by atoms with E-state index in [2.05, 4.69) is 12.4 Å². The number of aliphatic hydroxyl groups is 2. The average molecular weight is 324 g/mol. The summed E-state index contributed by atoms with van der Waals surface area (Å²) in [6.45, 7) is 3.95. The Morgan fingerprint density at radius 2 is 1.00 bits per heavy atom. The molecule has 0 aromatic rings. The van der Waals surface area contributed by atoms with Crippen LogP contribution in [-0.2, 0) is 0 Å². The van der Waals surface area contributed by atoms with Gasteiger partial charge in [0.1, 0.15) is 0 Å². The van der Waals surface area contributed by atoms with Crippen molar-refractivity contribution >= 4 is 0 Å². The Hall–Kier alpha value is -0.240. The van der Waals surface area contributed by atoms with Crippen molar-refractivity contribution in [2.45, 2.75) is 71.1 Å². The van der Waals surface area contributed by atoms with Gasteiger partial charge in [0.15, 0.2) is 0 Å². The van der Waals surface area contributed by atoms with Gasteiger partial charge in [0.25, 0.3) is 0 Å². The second-order valence-corrected chi connectivity index (χ2v) is 5.11. The van der Waals surface area contributed by atoms with E-state index in [0.717, 1.165) is 13.0 Å². The van der Waals surface area contributed by atoms with E-state index >= 15 is 0 Å². The van der Waals surface area contributed by atoms with Crippen LogP contribution in [0.2, 0.25) is 0 Å². The zero-order chi connectivity index (χ0) is 17.3. The smallest absolute Gasteiger partial charge is 0.0553 e. The molecule has 0 unspecified atom stereocenters. The highest BCUT2D eigenvalue weighted by Crippen LogP contribution is 2.09. The summed E-state index contributed by atoms with van der Waals surface area (Å²) >= 11 is 0. The zero-order valence-corrected chi connectivity index (χ0v) is 14.6. The van der Waals surface area contributed by atoms with Gasteiger partial charge in [-0.1, -0.05) is 64.7 Å². The Morgan fingerprint density at radius 3 is 1.27 bits per heavy atom. The number of nitrogens with two attached hydrogens (primary N) is 2. The third kappa shape index (κ3) is 42.7. The molecule has 138 valence electrons. The molecule has 0 rings (SSSR count). The van der Waals surface area contributed by atoms with Crippen LogP contribution < -0.4 is 16.9 Å². The van der Waals surface area contributed by atoms with Crippen LogP contribution in [0.5, 0.6) is 0 Å². The Morgan fingerprint density at radius 1 is 0.682 bits per heavy atom. The van der Waals surface area contributed by atoms with Crippen LogP contribution in [0.4, 0.5) is 0 Å². The summed E-state index contributed by atoms with van der Waals surface area (Å²) in [6.07, 6.45) is 13.5. The summed E-state index contributed by atoms with van der Waals surface area (Å²) in [6, 6.07) is 0. The molecule has 0 aliphatic carbocycles. The lowest BCUT2D eigenvalue weighted by atomic mass is 10.1. The molecule has 8 N–H and O–H groups in total. The van der Waals surface area contributed by atoms with Crippen molar-refractivity contribution in [3.8, 4) is 0 Å². The van der Waals surface area contributed by atoms with Gasteiger partial charge < -0.3 is 26.9 Å². The van der Waals surface area contributed by atoms with E-state index < -0.39 is 0 Å². The maximum absolute atomic E-state index is 8.34. The maximum Gasteiger partial charge on any atom is 0.0553 e. The second-order valence-electron chi connectivity index (χ2n) is 5.11. The molecule has 0 aliphatic heterocycles. The number of hydroxylamine groups is 1. The van der Waals surface area contributed by atoms with E-state index in [0.29, 0.717) is 13.1 Å². The largest absolute Gasteiger partial charge is 0.395 e. The first-order valence-corrected chi connectivity index (χ1v) is 8.73. The van der Waals surface area contributed by atoms with Crippen LogP contribution in [-0.4, -0.2) is 48.3 Å². The summed E-state index contributed by atoms with van der Waals surface area (Å²) in [7, 11) is 0. The van der Waals surface area contributed by atoms with E-state index in [4.69, 9.17) is 26.9 Å². The Kier molecular flexibility index (Phi) is 39.5. The minimum Gasteiger partial charge on any atom is -0.395 e. The van der Waals surface area contributed by atoms with Crippen LogP contribution in [0.1, 0.15) is 71.1 Å². The minimum atomic E-state index is 0.0972. The molecule has 0 fully saturated rings. The number of nitrogens with one attached hydrogen (secondary N) is 1. The molecule has 0 spiro atoms. The number of hydrogen-bond acceptors (Lipinski definition) is 6. The highest BCUT2D eigenvalue weighted by atomic mass is 16.5. The monoisotopic (exact) mass is 323 g/mol. The standard InChI is InChI=1S/C12H27NO.2C2H7NO/c1-2-3-4-5-6-7-8-9-10-11-12-13-14;2*3-1-2-4/h13-14H,2-12H2,1H3;2*4H,1-3H2. The molecule has 6 nitrogen and oxygen atoms in total. The van der Waals surface area contributed by atoms with Crippen molar-refractivity contribution in [2.24, 2.45) is 11.5 Å². The second kappa shape index (κ2) is 32.6. The number of unbranched alkanes of at least 4 members (excludes halogenated alkanes) is 9. The van der Waals surface area contributed by atoms with Crippen molar-refractivity contribution in [3.05, 3.63) is 0 Å². The van der Waals surface area contributed by atoms with Crippen molar-refractivity contribution in [2.75, 3.05) is 32.8 Å². The maximum atomic E-state index is 8.34. The summed E-state index contributed by atoms with van der Waals surface area (Å²) in [4.78, 5) is 0. The Labute approximate surface area is 137 Å². The molecule has 0 atom stereocenters. The summed E-state index contributed by atoms with van der Waals surface area (Å²) in [5.74, 6) is 0. The fraction of sp³-hybridized carbons (Fsp3) is 1.00. The number of rotatable bonds is 13. The first kappa shape index (κ1) is 26.6. The van der Waals surface area contributed by atoms with Crippen LogP contribution in [0.15, 0.2) is 0 Å². The normalized spacial score (nSPS) is 9.55. The van der Waals surface area contributed by atoms with Crippen molar-refractivity contribution in [1.82, 2.24) is 5.48 Å². The molecule has 0 heterocycles. The molecule has 0 bridgehead atoms. The number of hydrogen-bond donors (Lipinski definition) is 6. The molecule has 0 saturated carbocycles. The van der Waals surface area contributed by atoms with E-state index in [9.17, 15) is 0 Å². The molecule has 0 saturated heterocycles. The third-order valence-electron chi connectivity index (χ3n) is 2.90. The highest BCUT2D eigenvalue weighted by Gasteiger charge is 1.91. The lowest BCUT2D eigenvalue weighted by Crippen LogP contribution is -2.07. The molecule has 22 heavy (non-hydrogen) atoms. The van der Waals surface area contributed by atoms with Crippen LogP contribution in [0.3, 0.4) is 0 Å². The molecule has 0 aromatic heterocycles. The van der Waals surface area contributed by atoms with Gasteiger partial charge in [0.2, 0.25) is 0 Å². The Bertz CT molecular complexity index is 133. The van der Waals surface area contributed by atoms with Gasteiger partial charge in [0, 0.05) is 19.6 Å². The molecule has 0 aromatic carbocycles. The molecular formula is C16H41N3O3. The van der Waals surface area contributed by atoms with E-state index in [1.807, 2.05) is 0 Å². The molecule has 0 amide bonds. The van der Waals surface area contributed by atoms with E-state index in [1.165, 1.54) is 57.8 Å². The zero-order valence-electron chi connectivity index (χ0n) is 14.6. The quantitative estimate of drug-likeness (QED) is 0.227. The van der Waals surface area contributed by atoms with Gasteiger partial charge in [-0.25, -0.2) is 5.48 Å². The van der Waals surface area contributed by atoms with Gasteiger partial charge in [-0.3, -0.25) is 0 Å². The summed E-state index contributed by atoms with van der Waals surface area (Å²) in [5, 5.41) is 23.8. The van der Waals surface area contributed by atoms with Gasteiger partial charge >= 0.3 is 0 Å². The lowest BCUT2D eigenvalue weighted by Gasteiger charge is -2.01. The van der Waals surface area contributed by atoms with Crippen molar-refractivity contribution < 1.29 is 15.4 Å². The first-order chi connectivity index (χ1) is 10.7. The molecule has 6 heteroatoms. The fourth-order valence-electron chi connectivity index (χ4n) is 1.69. The molecule has 0 radical (unpaired) electrons. The van der Waals surface area contributed by atoms with Gasteiger partial charge in [-0.15, -0.1) is 0 Å². The highest BCUT2D eigenvalue weighted by molar-refractivity contribution is 4.47. The van der Waals surface area contributed by atoms with E-state index in [-0.39, 0.29) is 13.2 Å². The SMILES string of the molecule is CCCCCCCCCCCCNO.NCCO.NCCO. The summed E-state index contributed by atoms with van der Waals surface area (Å²) < 4.78 is 0. The average Bonchev–Trinajstić information content (AvgIpc) is 2.57. The Balaban J connectivity index is -0.000000372. The number of aliphatic hydroxyl groups excluding tert-OH is 2. The van der Waals surface area contributed by atoms with Gasteiger partial charge in [-0.05, 0) is 6.42 Å².